The summed E-state index contributed by atoms with van der Waals surface area (Å²) in [5.41, 5.74) is 6.04. The van der Waals surface area contributed by atoms with Crippen molar-refractivity contribution in [3.8, 4) is 0 Å². The van der Waals surface area contributed by atoms with Gasteiger partial charge in [-0.3, -0.25) is 9.25 Å². The molecule has 2 aromatic heterocycles. The number of nitrogens with one attached hydrogen (secondary N) is 1. The van der Waals surface area contributed by atoms with Gasteiger partial charge in [0.2, 0.25) is 0 Å². The Morgan fingerprint density at radius 2 is 2.41 bits per heavy atom. The number of nitrogen functional groups attached to an aromatic ring is 1. The molecule has 0 aromatic carbocycles. The van der Waals surface area contributed by atoms with Crippen LogP contribution in [0.15, 0.2) is 22.3 Å². The Morgan fingerprint density at radius 1 is 1.59 bits per heavy atom. The molecule has 0 fully saturated rings. The molecule has 0 radical (unpaired) electrons. The number of hydrogen-bond acceptors (Lipinski definition) is 5. The third-order valence-electron chi connectivity index (χ3n) is 2.24. The lowest BCUT2D eigenvalue weighted by molar-refractivity contribution is 0.650. The molecule has 2 rings (SSSR count). The van der Waals surface area contributed by atoms with Crippen LogP contribution in [0.4, 0.5) is 5.69 Å². The van der Waals surface area contributed by atoms with Gasteiger partial charge in [0, 0.05) is 18.5 Å². The molecule has 0 aliphatic heterocycles. The highest BCUT2D eigenvalue weighted by molar-refractivity contribution is 7.99. The van der Waals surface area contributed by atoms with Crippen LogP contribution in [-0.2, 0) is 13.1 Å². The van der Waals surface area contributed by atoms with Gasteiger partial charge < -0.3 is 5.73 Å². The average molecular weight is 254 g/mol. The van der Waals surface area contributed by atoms with Crippen molar-refractivity contribution in [2.45, 2.75) is 25.2 Å². The first-order valence-electron chi connectivity index (χ1n) is 5.26. The van der Waals surface area contributed by atoms with Crippen molar-refractivity contribution in [1.29, 1.82) is 0 Å². The Kier molecular flexibility index (Phi) is 3.52. The summed E-state index contributed by atoms with van der Waals surface area (Å²) in [7, 11) is 0. The van der Waals surface area contributed by atoms with Gasteiger partial charge in [-0.2, -0.15) is 5.10 Å². The number of aromatic nitrogens is 5. The molecule has 2 heterocycles. The van der Waals surface area contributed by atoms with Crippen molar-refractivity contribution < 1.29 is 0 Å². The minimum atomic E-state index is -0.168. The van der Waals surface area contributed by atoms with Gasteiger partial charge in [0.05, 0.1) is 18.4 Å². The summed E-state index contributed by atoms with van der Waals surface area (Å²) in [6, 6.07) is 0. The quantitative estimate of drug-likeness (QED) is 0.741. The number of hydrogen-bond donors (Lipinski definition) is 2. The van der Waals surface area contributed by atoms with Gasteiger partial charge in [-0.15, -0.1) is 5.10 Å². The van der Waals surface area contributed by atoms with Gasteiger partial charge in [-0.25, -0.2) is 9.89 Å². The van der Waals surface area contributed by atoms with E-state index in [0.717, 1.165) is 12.3 Å². The number of anilines is 1. The number of H-pyrrole nitrogens is 1. The normalized spacial score (nSPS) is 10.9. The van der Waals surface area contributed by atoms with Crippen molar-refractivity contribution in [2.75, 3.05) is 11.5 Å². The lowest BCUT2D eigenvalue weighted by atomic mass is 10.6. The van der Waals surface area contributed by atoms with E-state index in [2.05, 4.69) is 15.3 Å². The predicted octanol–water partition coefficient (Wildman–Crippen LogP) is 0.162. The highest BCUT2D eigenvalue weighted by Gasteiger charge is 2.06. The summed E-state index contributed by atoms with van der Waals surface area (Å²) in [6.07, 6.45) is 3.39. The SMILES string of the molecule is CCn1c(SCCn2cc(N)cn2)n[nH]c1=O. The molecule has 0 saturated carbocycles. The standard InChI is InChI=1S/C9H14N6OS/c1-2-15-8(16)12-13-9(15)17-4-3-14-6-7(10)5-11-14/h5-6H,2-4,10H2,1H3,(H,12,16). The monoisotopic (exact) mass is 254 g/mol. The summed E-state index contributed by atoms with van der Waals surface area (Å²) < 4.78 is 3.37. The number of aromatic amines is 1. The van der Waals surface area contributed by atoms with Crippen LogP contribution in [0.5, 0.6) is 0 Å². The van der Waals surface area contributed by atoms with Crippen LogP contribution in [0.1, 0.15) is 6.92 Å². The van der Waals surface area contributed by atoms with Crippen LogP contribution in [0.25, 0.3) is 0 Å². The minimum Gasteiger partial charge on any atom is -0.396 e. The molecule has 17 heavy (non-hydrogen) atoms. The Hall–Kier alpha value is -1.70. The summed E-state index contributed by atoms with van der Waals surface area (Å²) in [5.74, 6) is 0.783. The van der Waals surface area contributed by atoms with Gasteiger partial charge in [0.1, 0.15) is 0 Å². The van der Waals surface area contributed by atoms with Crippen molar-refractivity contribution >= 4 is 17.4 Å². The van der Waals surface area contributed by atoms with Crippen LogP contribution in [-0.4, -0.2) is 30.3 Å². The van der Waals surface area contributed by atoms with Gasteiger partial charge in [0.15, 0.2) is 5.16 Å². The van der Waals surface area contributed by atoms with E-state index in [1.807, 2.05) is 6.92 Å². The molecule has 7 nitrogen and oxygen atoms in total. The second-order valence-electron chi connectivity index (χ2n) is 3.44. The summed E-state index contributed by atoms with van der Waals surface area (Å²) in [4.78, 5) is 11.3. The van der Waals surface area contributed by atoms with Crippen LogP contribution in [0.2, 0.25) is 0 Å². The summed E-state index contributed by atoms with van der Waals surface area (Å²) >= 11 is 1.52. The molecule has 8 heteroatoms. The first-order chi connectivity index (χ1) is 8.20. The van der Waals surface area contributed by atoms with Crippen LogP contribution >= 0.6 is 11.8 Å². The first-order valence-corrected chi connectivity index (χ1v) is 6.25. The Balaban J connectivity index is 1.92. The number of nitrogens with two attached hydrogens (primary N) is 1. The number of nitrogens with zero attached hydrogens (tertiary/aromatic N) is 4. The average Bonchev–Trinajstić information content (AvgIpc) is 2.86. The first kappa shape index (κ1) is 11.8. The smallest absolute Gasteiger partial charge is 0.343 e. The molecule has 2 aromatic rings. The topological polar surface area (TPSA) is 94.5 Å². The van der Waals surface area contributed by atoms with E-state index >= 15 is 0 Å². The molecule has 0 aliphatic rings. The van der Waals surface area contributed by atoms with E-state index in [9.17, 15) is 4.79 Å². The molecule has 0 unspecified atom stereocenters. The van der Waals surface area contributed by atoms with E-state index in [0.29, 0.717) is 17.4 Å². The fraction of sp³-hybridized carbons (Fsp3) is 0.444. The molecule has 0 amide bonds. The van der Waals surface area contributed by atoms with Crippen LogP contribution in [0.3, 0.4) is 0 Å². The molecule has 92 valence electrons. The molecule has 0 saturated heterocycles. The summed E-state index contributed by atoms with van der Waals surface area (Å²) in [6.45, 7) is 3.26. The fourth-order valence-electron chi connectivity index (χ4n) is 1.42. The lowest BCUT2D eigenvalue weighted by Crippen LogP contribution is -2.16. The zero-order valence-corrected chi connectivity index (χ0v) is 10.3. The zero-order valence-electron chi connectivity index (χ0n) is 9.46. The molecule has 0 spiro atoms. The van der Waals surface area contributed by atoms with Crippen molar-refractivity contribution in [1.82, 2.24) is 24.5 Å². The van der Waals surface area contributed by atoms with Gasteiger partial charge in [-0.1, -0.05) is 11.8 Å². The van der Waals surface area contributed by atoms with Crippen LogP contribution in [0, 0.1) is 0 Å². The molecular weight excluding hydrogens is 240 g/mol. The number of rotatable bonds is 5. The Labute approximate surface area is 102 Å². The third kappa shape index (κ3) is 2.70. The Morgan fingerprint density at radius 3 is 3.06 bits per heavy atom. The van der Waals surface area contributed by atoms with E-state index in [1.165, 1.54) is 11.8 Å². The maximum absolute atomic E-state index is 11.3. The molecular formula is C9H14N6OS. The van der Waals surface area contributed by atoms with E-state index in [4.69, 9.17) is 5.73 Å². The predicted molar refractivity (Wildman–Crippen MR) is 65.9 cm³/mol. The maximum Gasteiger partial charge on any atom is 0.343 e. The van der Waals surface area contributed by atoms with Gasteiger partial charge in [0.25, 0.3) is 0 Å². The van der Waals surface area contributed by atoms with Gasteiger partial charge in [-0.05, 0) is 6.92 Å². The highest BCUT2D eigenvalue weighted by atomic mass is 32.2. The van der Waals surface area contributed by atoms with Gasteiger partial charge >= 0.3 is 5.69 Å². The Bertz CT molecular complexity index is 542. The minimum absolute atomic E-state index is 0.168. The number of aryl methyl sites for hydroxylation is 1. The lowest BCUT2D eigenvalue weighted by Gasteiger charge is -2.02. The van der Waals surface area contributed by atoms with Crippen molar-refractivity contribution in [3.05, 3.63) is 22.9 Å². The van der Waals surface area contributed by atoms with Crippen molar-refractivity contribution in [3.63, 3.8) is 0 Å². The second kappa shape index (κ2) is 5.09. The second-order valence-corrected chi connectivity index (χ2v) is 4.50. The van der Waals surface area contributed by atoms with E-state index in [1.54, 1.807) is 21.6 Å². The molecule has 0 bridgehead atoms. The third-order valence-corrected chi connectivity index (χ3v) is 3.20. The maximum atomic E-state index is 11.3. The van der Waals surface area contributed by atoms with Crippen LogP contribution < -0.4 is 11.4 Å². The number of thioether (sulfide) groups is 1. The largest absolute Gasteiger partial charge is 0.396 e. The summed E-state index contributed by atoms with van der Waals surface area (Å²) in [5, 5.41) is 11.2. The molecule has 0 atom stereocenters. The highest BCUT2D eigenvalue weighted by Crippen LogP contribution is 2.13. The fourth-order valence-corrected chi connectivity index (χ4v) is 2.36. The van der Waals surface area contributed by atoms with E-state index < -0.39 is 0 Å². The molecule has 0 aliphatic carbocycles. The zero-order chi connectivity index (χ0) is 12.3. The molecule has 3 N–H and O–H groups in total. The van der Waals surface area contributed by atoms with E-state index in [-0.39, 0.29) is 5.69 Å². The van der Waals surface area contributed by atoms with Crippen molar-refractivity contribution in [2.24, 2.45) is 0 Å².